The lowest BCUT2D eigenvalue weighted by atomic mass is 10.0. The average molecular weight is 344 g/mol. The monoisotopic (exact) mass is 343 g/mol. The molecule has 0 radical (unpaired) electrons. The van der Waals surface area contributed by atoms with E-state index in [0.717, 1.165) is 22.4 Å². The van der Waals surface area contributed by atoms with Gasteiger partial charge in [0.1, 0.15) is 18.2 Å². The van der Waals surface area contributed by atoms with Gasteiger partial charge >= 0.3 is 0 Å². The number of ether oxygens (including phenoxy) is 1. The quantitative estimate of drug-likeness (QED) is 0.711. The zero-order valence-corrected chi connectivity index (χ0v) is 13.9. The second-order valence-electron chi connectivity index (χ2n) is 5.32. The SMILES string of the molecule is Cl.NCc1ccc(F)c(-c2ccc(OCc3ccccc3)cc2)c1. The standard InChI is InChI=1S/C20H18FNO.ClH/c21-20-11-6-16(13-22)12-19(20)17-7-9-18(10-8-17)23-14-15-4-2-1-3-5-15;/h1-12H,13-14,22H2;1H. The van der Waals surface area contributed by atoms with Crippen molar-refractivity contribution in [2.24, 2.45) is 5.73 Å². The van der Waals surface area contributed by atoms with Crippen molar-refractivity contribution < 1.29 is 9.13 Å². The molecule has 4 heteroatoms. The van der Waals surface area contributed by atoms with Gasteiger partial charge in [-0.25, -0.2) is 4.39 Å². The molecule has 124 valence electrons. The Hall–Kier alpha value is -2.36. The van der Waals surface area contributed by atoms with Crippen LogP contribution in [0.1, 0.15) is 11.1 Å². The van der Waals surface area contributed by atoms with Crippen molar-refractivity contribution in [2.75, 3.05) is 0 Å². The fourth-order valence-electron chi connectivity index (χ4n) is 2.39. The summed E-state index contributed by atoms with van der Waals surface area (Å²) in [5.74, 6) is 0.508. The van der Waals surface area contributed by atoms with E-state index in [4.69, 9.17) is 10.5 Å². The number of benzene rings is 3. The van der Waals surface area contributed by atoms with Gasteiger partial charge in [0.2, 0.25) is 0 Å². The van der Waals surface area contributed by atoms with E-state index in [1.807, 2.05) is 54.6 Å². The zero-order valence-electron chi connectivity index (χ0n) is 13.1. The summed E-state index contributed by atoms with van der Waals surface area (Å²) in [6.07, 6.45) is 0. The van der Waals surface area contributed by atoms with Gasteiger partial charge in [0, 0.05) is 12.1 Å². The van der Waals surface area contributed by atoms with Crippen LogP contribution in [0.4, 0.5) is 4.39 Å². The van der Waals surface area contributed by atoms with E-state index in [1.54, 1.807) is 12.1 Å². The molecule has 0 saturated carbocycles. The van der Waals surface area contributed by atoms with E-state index in [9.17, 15) is 4.39 Å². The highest BCUT2D eigenvalue weighted by molar-refractivity contribution is 5.85. The van der Waals surface area contributed by atoms with E-state index in [-0.39, 0.29) is 18.2 Å². The van der Waals surface area contributed by atoms with Crippen LogP contribution in [0, 0.1) is 5.82 Å². The molecule has 0 aliphatic carbocycles. The maximum Gasteiger partial charge on any atom is 0.131 e. The number of rotatable bonds is 5. The first-order valence-corrected chi connectivity index (χ1v) is 7.52. The van der Waals surface area contributed by atoms with Crippen LogP contribution in [0.15, 0.2) is 72.8 Å². The van der Waals surface area contributed by atoms with Crippen LogP contribution in [0.2, 0.25) is 0 Å². The molecule has 0 bridgehead atoms. The summed E-state index contributed by atoms with van der Waals surface area (Å²) in [6.45, 7) is 0.906. The number of hydrogen-bond acceptors (Lipinski definition) is 2. The Morgan fingerprint density at radius 1 is 0.833 bits per heavy atom. The molecule has 0 atom stereocenters. The van der Waals surface area contributed by atoms with Crippen molar-refractivity contribution in [3.05, 3.63) is 89.7 Å². The molecule has 0 saturated heterocycles. The van der Waals surface area contributed by atoms with E-state index < -0.39 is 0 Å². The zero-order chi connectivity index (χ0) is 16.1. The first-order chi connectivity index (χ1) is 11.3. The van der Waals surface area contributed by atoms with E-state index >= 15 is 0 Å². The maximum absolute atomic E-state index is 14.0. The Labute approximate surface area is 147 Å². The topological polar surface area (TPSA) is 35.2 Å². The lowest BCUT2D eigenvalue weighted by Crippen LogP contribution is -1.97. The lowest BCUT2D eigenvalue weighted by molar-refractivity contribution is 0.306. The van der Waals surface area contributed by atoms with Crippen molar-refractivity contribution in [3.63, 3.8) is 0 Å². The fourth-order valence-corrected chi connectivity index (χ4v) is 2.39. The van der Waals surface area contributed by atoms with Gasteiger partial charge in [-0.1, -0.05) is 48.5 Å². The summed E-state index contributed by atoms with van der Waals surface area (Å²) in [6, 6.07) is 22.3. The van der Waals surface area contributed by atoms with Crippen LogP contribution < -0.4 is 10.5 Å². The highest BCUT2D eigenvalue weighted by atomic mass is 35.5. The van der Waals surface area contributed by atoms with Crippen molar-refractivity contribution in [3.8, 4) is 16.9 Å². The Morgan fingerprint density at radius 2 is 1.54 bits per heavy atom. The van der Waals surface area contributed by atoms with Gasteiger partial charge in [-0.3, -0.25) is 0 Å². The third-order valence-electron chi connectivity index (χ3n) is 3.68. The summed E-state index contributed by atoms with van der Waals surface area (Å²) >= 11 is 0. The fraction of sp³-hybridized carbons (Fsp3) is 0.100. The summed E-state index contributed by atoms with van der Waals surface area (Å²) in [5, 5.41) is 0. The predicted molar refractivity (Wildman–Crippen MR) is 97.7 cm³/mol. The van der Waals surface area contributed by atoms with Crippen LogP contribution in [-0.4, -0.2) is 0 Å². The molecule has 24 heavy (non-hydrogen) atoms. The maximum atomic E-state index is 14.0. The largest absolute Gasteiger partial charge is 0.489 e. The van der Waals surface area contributed by atoms with Crippen LogP contribution in [0.3, 0.4) is 0 Å². The van der Waals surface area contributed by atoms with Gasteiger partial charge in [0.15, 0.2) is 0 Å². The second-order valence-corrected chi connectivity index (χ2v) is 5.32. The van der Waals surface area contributed by atoms with Gasteiger partial charge in [-0.2, -0.15) is 0 Å². The molecule has 0 unspecified atom stereocenters. The van der Waals surface area contributed by atoms with Crippen LogP contribution in [0.5, 0.6) is 5.75 Å². The van der Waals surface area contributed by atoms with E-state index in [2.05, 4.69) is 0 Å². The Balaban J connectivity index is 0.00000208. The minimum absolute atomic E-state index is 0. The first kappa shape index (κ1) is 18.0. The Morgan fingerprint density at radius 3 is 2.21 bits per heavy atom. The molecule has 3 rings (SSSR count). The van der Waals surface area contributed by atoms with Gasteiger partial charge < -0.3 is 10.5 Å². The van der Waals surface area contributed by atoms with Crippen molar-refractivity contribution in [1.29, 1.82) is 0 Å². The number of hydrogen-bond donors (Lipinski definition) is 1. The molecular formula is C20H19ClFNO. The summed E-state index contributed by atoms with van der Waals surface area (Å²) in [5.41, 5.74) is 9.01. The average Bonchev–Trinajstić information content (AvgIpc) is 2.62. The van der Waals surface area contributed by atoms with E-state index in [1.165, 1.54) is 6.07 Å². The van der Waals surface area contributed by atoms with E-state index in [0.29, 0.717) is 18.7 Å². The van der Waals surface area contributed by atoms with Crippen LogP contribution in [-0.2, 0) is 13.2 Å². The van der Waals surface area contributed by atoms with Gasteiger partial charge in [-0.15, -0.1) is 12.4 Å². The van der Waals surface area contributed by atoms with Crippen molar-refractivity contribution in [2.45, 2.75) is 13.2 Å². The molecule has 3 aromatic carbocycles. The first-order valence-electron chi connectivity index (χ1n) is 7.52. The molecule has 2 N–H and O–H groups in total. The summed E-state index contributed by atoms with van der Waals surface area (Å²) in [7, 11) is 0. The van der Waals surface area contributed by atoms with Gasteiger partial charge in [0.25, 0.3) is 0 Å². The molecule has 0 amide bonds. The predicted octanol–water partition coefficient (Wildman–Crippen LogP) is 4.95. The molecule has 0 heterocycles. The Bertz CT molecular complexity index is 775. The Kier molecular flexibility index (Phi) is 6.36. The highest BCUT2D eigenvalue weighted by Crippen LogP contribution is 2.26. The van der Waals surface area contributed by atoms with Crippen LogP contribution in [0.25, 0.3) is 11.1 Å². The summed E-state index contributed by atoms with van der Waals surface area (Å²) in [4.78, 5) is 0. The molecular weight excluding hydrogens is 325 g/mol. The van der Waals surface area contributed by atoms with Crippen LogP contribution >= 0.6 is 12.4 Å². The smallest absolute Gasteiger partial charge is 0.131 e. The number of halogens is 2. The second kappa shape index (κ2) is 8.48. The third kappa shape index (κ3) is 4.34. The molecule has 0 spiro atoms. The lowest BCUT2D eigenvalue weighted by Gasteiger charge is -2.09. The minimum atomic E-state index is -0.250. The van der Waals surface area contributed by atoms with Gasteiger partial charge in [-0.05, 0) is 41.0 Å². The highest BCUT2D eigenvalue weighted by Gasteiger charge is 2.06. The van der Waals surface area contributed by atoms with Gasteiger partial charge in [0.05, 0.1) is 0 Å². The minimum Gasteiger partial charge on any atom is -0.489 e. The normalized spacial score (nSPS) is 10.1. The molecule has 0 aliphatic heterocycles. The van der Waals surface area contributed by atoms with Crippen molar-refractivity contribution in [1.82, 2.24) is 0 Å². The molecule has 0 fully saturated rings. The molecule has 2 nitrogen and oxygen atoms in total. The summed E-state index contributed by atoms with van der Waals surface area (Å²) < 4.78 is 19.7. The third-order valence-corrected chi connectivity index (χ3v) is 3.68. The number of nitrogens with two attached hydrogens (primary N) is 1. The molecule has 0 aromatic heterocycles. The van der Waals surface area contributed by atoms with Crippen molar-refractivity contribution >= 4 is 12.4 Å². The molecule has 0 aliphatic rings. The molecule has 3 aromatic rings.